The van der Waals surface area contributed by atoms with Crippen LogP contribution in [0.2, 0.25) is 5.02 Å². The highest BCUT2D eigenvalue weighted by Gasteiger charge is 2.13. The number of hydrogen-bond acceptors (Lipinski definition) is 4. The Morgan fingerprint density at radius 2 is 2.04 bits per heavy atom. The van der Waals surface area contributed by atoms with Crippen LogP contribution in [0.3, 0.4) is 0 Å². The standard InChI is InChI=1S/C18H19BrClN3O3/c1-10(2)26-18-14(20)7-12(8-22-18)17(25)21-9-16(24)23-15-5-4-13(19)6-11(15)3/h4-8,10H,9H2,1-3H3,(H,21,25)(H,23,24). The van der Waals surface area contributed by atoms with Crippen LogP contribution in [-0.2, 0) is 4.79 Å². The molecule has 0 radical (unpaired) electrons. The zero-order chi connectivity index (χ0) is 19.3. The Labute approximate surface area is 165 Å². The number of rotatable bonds is 6. The number of pyridine rings is 1. The van der Waals surface area contributed by atoms with Crippen molar-refractivity contribution < 1.29 is 14.3 Å². The lowest BCUT2D eigenvalue weighted by Gasteiger charge is -2.11. The molecule has 6 nitrogen and oxygen atoms in total. The summed E-state index contributed by atoms with van der Waals surface area (Å²) < 4.78 is 6.35. The summed E-state index contributed by atoms with van der Waals surface area (Å²) in [6, 6.07) is 6.97. The molecule has 0 bridgehead atoms. The number of hydrogen-bond donors (Lipinski definition) is 2. The normalized spacial score (nSPS) is 10.5. The van der Waals surface area contributed by atoms with Crippen LogP contribution in [0.25, 0.3) is 0 Å². The molecule has 0 saturated carbocycles. The highest BCUT2D eigenvalue weighted by atomic mass is 79.9. The molecule has 0 fully saturated rings. The summed E-state index contributed by atoms with van der Waals surface area (Å²) >= 11 is 9.43. The van der Waals surface area contributed by atoms with Gasteiger partial charge >= 0.3 is 0 Å². The zero-order valence-electron chi connectivity index (χ0n) is 14.6. The minimum Gasteiger partial charge on any atom is -0.474 e. The molecule has 2 N–H and O–H groups in total. The van der Waals surface area contributed by atoms with Crippen molar-refractivity contribution in [1.29, 1.82) is 0 Å². The number of nitrogens with one attached hydrogen (secondary N) is 2. The summed E-state index contributed by atoms with van der Waals surface area (Å²) in [5, 5.41) is 5.53. The molecule has 138 valence electrons. The number of benzene rings is 1. The van der Waals surface area contributed by atoms with Gasteiger partial charge in [-0.05, 0) is 50.6 Å². The van der Waals surface area contributed by atoms with Crippen molar-refractivity contribution in [1.82, 2.24) is 10.3 Å². The summed E-state index contributed by atoms with van der Waals surface area (Å²) in [5.41, 5.74) is 1.85. The molecule has 1 heterocycles. The van der Waals surface area contributed by atoms with Gasteiger partial charge in [-0.3, -0.25) is 9.59 Å². The van der Waals surface area contributed by atoms with E-state index in [0.29, 0.717) is 5.69 Å². The van der Waals surface area contributed by atoms with E-state index >= 15 is 0 Å². The highest BCUT2D eigenvalue weighted by molar-refractivity contribution is 9.10. The van der Waals surface area contributed by atoms with Crippen LogP contribution in [0.5, 0.6) is 5.88 Å². The number of amides is 2. The second-order valence-electron chi connectivity index (χ2n) is 5.87. The number of anilines is 1. The smallest absolute Gasteiger partial charge is 0.253 e. The van der Waals surface area contributed by atoms with Crippen LogP contribution in [0.4, 0.5) is 5.69 Å². The molecule has 1 aromatic carbocycles. The maximum Gasteiger partial charge on any atom is 0.253 e. The fourth-order valence-electron chi connectivity index (χ4n) is 2.08. The molecule has 0 saturated heterocycles. The van der Waals surface area contributed by atoms with Gasteiger partial charge in [-0.25, -0.2) is 4.98 Å². The summed E-state index contributed by atoms with van der Waals surface area (Å²) in [5.74, 6) is -0.512. The van der Waals surface area contributed by atoms with Gasteiger partial charge < -0.3 is 15.4 Å². The monoisotopic (exact) mass is 439 g/mol. The number of carbonyl (C=O) groups excluding carboxylic acids is 2. The summed E-state index contributed by atoms with van der Waals surface area (Å²) in [6.07, 6.45) is 1.28. The molecular weight excluding hydrogens is 422 g/mol. The highest BCUT2D eigenvalue weighted by Crippen LogP contribution is 2.23. The lowest BCUT2D eigenvalue weighted by atomic mass is 10.2. The van der Waals surface area contributed by atoms with Crippen LogP contribution in [0.1, 0.15) is 29.8 Å². The van der Waals surface area contributed by atoms with Crippen LogP contribution in [0, 0.1) is 6.92 Å². The minimum atomic E-state index is -0.446. The van der Waals surface area contributed by atoms with Gasteiger partial charge in [0.2, 0.25) is 11.8 Å². The Kier molecular flexibility index (Phi) is 6.99. The van der Waals surface area contributed by atoms with Gasteiger partial charge in [0, 0.05) is 16.4 Å². The molecule has 26 heavy (non-hydrogen) atoms. The molecule has 0 atom stereocenters. The van der Waals surface area contributed by atoms with E-state index in [0.717, 1.165) is 10.0 Å². The summed E-state index contributed by atoms with van der Waals surface area (Å²) in [4.78, 5) is 28.2. The first-order valence-corrected chi connectivity index (χ1v) is 9.09. The fraction of sp³-hybridized carbons (Fsp3) is 0.278. The third-order valence-electron chi connectivity index (χ3n) is 3.29. The van der Waals surface area contributed by atoms with Crippen molar-refractivity contribution in [2.75, 3.05) is 11.9 Å². The predicted molar refractivity (Wildman–Crippen MR) is 105 cm³/mol. The van der Waals surface area contributed by atoms with E-state index in [4.69, 9.17) is 16.3 Å². The number of halogens is 2. The molecule has 2 rings (SSSR count). The second kappa shape index (κ2) is 9.00. The number of carbonyl (C=O) groups is 2. The van der Waals surface area contributed by atoms with E-state index in [2.05, 4.69) is 31.5 Å². The number of ether oxygens (including phenoxy) is 1. The largest absolute Gasteiger partial charge is 0.474 e. The van der Waals surface area contributed by atoms with E-state index in [1.54, 1.807) is 6.07 Å². The number of aryl methyl sites for hydroxylation is 1. The quantitative estimate of drug-likeness (QED) is 0.712. The maximum absolute atomic E-state index is 12.2. The lowest BCUT2D eigenvalue weighted by Crippen LogP contribution is -2.33. The molecule has 1 aromatic heterocycles. The van der Waals surface area contributed by atoms with Crippen molar-refractivity contribution >= 4 is 45.0 Å². The van der Waals surface area contributed by atoms with Crippen LogP contribution < -0.4 is 15.4 Å². The van der Waals surface area contributed by atoms with E-state index in [1.165, 1.54) is 12.3 Å². The third-order valence-corrected chi connectivity index (χ3v) is 4.05. The molecular formula is C18H19BrClN3O3. The van der Waals surface area contributed by atoms with E-state index in [1.807, 2.05) is 32.9 Å². The summed E-state index contributed by atoms with van der Waals surface area (Å²) in [7, 11) is 0. The molecule has 0 aliphatic heterocycles. The topological polar surface area (TPSA) is 80.3 Å². The van der Waals surface area contributed by atoms with Gasteiger partial charge in [-0.1, -0.05) is 27.5 Å². The first-order valence-electron chi connectivity index (χ1n) is 7.92. The van der Waals surface area contributed by atoms with E-state index < -0.39 is 5.91 Å². The zero-order valence-corrected chi connectivity index (χ0v) is 16.9. The van der Waals surface area contributed by atoms with Gasteiger partial charge in [0.25, 0.3) is 5.91 Å². The van der Waals surface area contributed by atoms with Crippen molar-refractivity contribution in [3.05, 3.63) is 51.1 Å². The Morgan fingerprint density at radius 1 is 1.31 bits per heavy atom. The van der Waals surface area contributed by atoms with Gasteiger partial charge in [-0.2, -0.15) is 0 Å². The van der Waals surface area contributed by atoms with Crippen molar-refractivity contribution in [2.24, 2.45) is 0 Å². The number of aromatic nitrogens is 1. The Bertz CT molecular complexity index is 827. The molecule has 0 aliphatic rings. The fourth-order valence-corrected chi connectivity index (χ4v) is 2.77. The molecule has 8 heteroatoms. The molecule has 2 aromatic rings. The first kappa shape index (κ1) is 20.2. The van der Waals surface area contributed by atoms with Gasteiger partial charge in [0.05, 0.1) is 18.2 Å². The SMILES string of the molecule is Cc1cc(Br)ccc1NC(=O)CNC(=O)c1cnc(OC(C)C)c(Cl)c1. The van der Waals surface area contributed by atoms with Crippen molar-refractivity contribution in [3.8, 4) is 5.88 Å². The molecule has 0 aliphatic carbocycles. The van der Waals surface area contributed by atoms with Gasteiger partial charge in [-0.15, -0.1) is 0 Å². The third kappa shape index (κ3) is 5.71. The lowest BCUT2D eigenvalue weighted by molar-refractivity contribution is -0.115. The molecule has 2 amide bonds. The maximum atomic E-state index is 12.2. The average molecular weight is 441 g/mol. The molecule has 0 unspecified atom stereocenters. The number of nitrogens with zero attached hydrogens (tertiary/aromatic N) is 1. The molecule has 0 spiro atoms. The van der Waals surface area contributed by atoms with Crippen molar-refractivity contribution in [3.63, 3.8) is 0 Å². The van der Waals surface area contributed by atoms with E-state index in [-0.39, 0.29) is 35.0 Å². The van der Waals surface area contributed by atoms with Crippen LogP contribution in [0.15, 0.2) is 34.9 Å². The van der Waals surface area contributed by atoms with Gasteiger partial charge in [0.15, 0.2) is 0 Å². The minimum absolute atomic E-state index is 0.0783. The van der Waals surface area contributed by atoms with Crippen LogP contribution in [-0.4, -0.2) is 29.4 Å². The summed E-state index contributed by atoms with van der Waals surface area (Å²) in [6.45, 7) is 5.42. The van der Waals surface area contributed by atoms with Crippen LogP contribution >= 0.6 is 27.5 Å². The van der Waals surface area contributed by atoms with E-state index in [9.17, 15) is 9.59 Å². The van der Waals surface area contributed by atoms with Gasteiger partial charge in [0.1, 0.15) is 5.02 Å². The first-order chi connectivity index (χ1) is 12.3. The Balaban J connectivity index is 1.93. The Morgan fingerprint density at radius 3 is 2.65 bits per heavy atom. The second-order valence-corrected chi connectivity index (χ2v) is 7.19. The average Bonchev–Trinajstić information content (AvgIpc) is 2.56. The Hall–Kier alpha value is -2.12. The van der Waals surface area contributed by atoms with Crippen molar-refractivity contribution in [2.45, 2.75) is 26.9 Å². The predicted octanol–water partition coefficient (Wildman–Crippen LogP) is 3.96.